The molecule has 7 rings (SSSR count). The number of nitrogens with zero attached hydrogens (tertiary/aromatic N) is 1. The number of carbonyl (C=O) groups is 1. The molecule has 5 aliphatic carbocycles. The summed E-state index contributed by atoms with van der Waals surface area (Å²) < 4.78 is 6.13. The summed E-state index contributed by atoms with van der Waals surface area (Å²) in [5.74, 6) is 3.49. The maximum Gasteiger partial charge on any atom is 0.312 e. The first-order valence-electron chi connectivity index (χ1n) is 11.5. The summed E-state index contributed by atoms with van der Waals surface area (Å²) in [7, 11) is 0. The lowest BCUT2D eigenvalue weighted by molar-refractivity contribution is -0.385. The van der Waals surface area contributed by atoms with Crippen LogP contribution in [-0.2, 0) is 16.6 Å². The lowest BCUT2D eigenvalue weighted by atomic mass is 9.48. The van der Waals surface area contributed by atoms with Crippen LogP contribution in [0.15, 0.2) is 23.5 Å². The third-order valence-electron chi connectivity index (χ3n) is 8.54. The molecule has 4 saturated carbocycles. The van der Waals surface area contributed by atoms with Crippen LogP contribution in [0, 0.1) is 33.3 Å². The van der Waals surface area contributed by atoms with Gasteiger partial charge in [-0.25, -0.2) is 0 Å². The van der Waals surface area contributed by atoms with Gasteiger partial charge in [-0.1, -0.05) is 19.9 Å². The highest BCUT2D eigenvalue weighted by Crippen LogP contribution is 2.61. The van der Waals surface area contributed by atoms with Crippen LogP contribution in [0.5, 0.6) is 5.75 Å². The van der Waals surface area contributed by atoms with Crippen molar-refractivity contribution >= 4 is 11.5 Å². The molecule has 5 heteroatoms. The van der Waals surface area contributed by atoms with Crippen molar-refractivity contribution in [1.29, 1.82) is 0 Å². The van der Waals surface area contributed by atoms with E-state index < -0.39 is 0 Å². The van der Waals surface area contributed by atoms with Gasteiger partial charge in [0.05, 0.1) is 4.92 Å². The van der Waals surface area contributed by atoms with Gasteiger partial charge >= 0.3 is 5.69 Å². The summed E-state index contributed by atoms with van der Waals surface area (Å²) in [6, 6.07) is 3.97. The standard InChI is InChI=1S/C25H29NO4/c1-24(2)12-21(27)19-7-17-6-18(8-20(26(28)29)23(17)30-22(19)13-24)25-9-14-3-15(10-25)5-16(4-14)11-25/h6,8,14-16H,3-5,7,9-13H2,1-2H3. The lowest BCUT2D eigenvalue weighted by Crippen LogP contribution is -2.48. The smallest absolute Gasteiger partial charge is 0.312 e. The van der Waals surface area contributed by atoms with Crippen molar-refractivity contribution in [2.75, 3.05) is 0 Å². The second-order valence-corrected chi connectivity index (χ2v) is 11.6. The maximum atomic E-state index is 12.8. The molecule has 0 amide bonds. The van der Waals surface area contributed by atoms with Gasteiger partial charge in [-0.3, -0.25) is 14.9 Å². The van der Waals surface area contributed by atoms with E-state index in [2.05, 4.69) is 19.9 Å². The molecule has 158 valence electrons. The molecule has 5 nitrogen and oxygen atoms in total. The number of benzene rings is 1. The number of ether oxygens (including phenoxy) is 1. The summed E-state index contributed by atoms with van der Waals surface area (Å²) in [5.41, 5.74) is 2.70. The molecule has 0 N–H and O–H groups in total. The van der Waals surface area contributed by atoms with Gasteiger partial charge in [-0.15, -0.1) is 0 Å². The van der Waals surface area contributed by atoms with E-state index in [9.17, 15) is 14.9 Å². The van der Waals surface area contributed by atoms with Crippen molar-refractivity contribution in [2.24, 2.45) is 23.2 Å². The molecule has 4 fully saturated rings. The molecule has 0 unspecified atom stereocenters. The molecule has 1 heterocycles. The van der Waals surface area contributed by atoms with Crippen LogP contribution >= 0.6 is 0 Å². The van der Waals surface area contributed by atoms with E-state index in [1.165, 1.54) is 19.3 Å². The molecule has 0 spiro atoms. The quantitative estimate of drug-likeness (QED) is 0.470. The Balaban J connectivity index is 1.44. The SMILES string of the molecule is CC1(C)CC(=O)C2=C(C1)Oc1c(cc(C34CC5CC(CC(C5)C3)C4)cc1[N+](=O)[O-])C2. The van der Waals surface area contributed by atoms with Crippen LogP contribution in [0.4, 0.5) is 5.69 Å². The molecule has 0 aromatic heterocycles. The second-order valence-electron chi connectivity index (χ2n) is 11.6. The molecule has 0 radical (unpaired) electrons. The third-order valence-corrected chi connectivity index (χ3v) is 8.54. The van der Waals surface area contributed by atoms with Gasteiger partial charge in [0, 0.05) is 36.5 Å². The van der Waals surface area contributed by atoms with E-state index in [0.29, 0.717) is 30.8 Å². The van der Waals surface area contributed by atoms with Gasteiger partial charge in [0.2, 0.25) is 5.75 Å². The average molecular weight is 408 g/mol. The summed E-state index contributed by atoms with van der Waals surface area (Å²) in [4.78, 5) is 24.6. The fraction of sp³-hybridized carbons (Fsp3) is 0.640. The van der Waals surface area contributed by atoms with Crippen LogP contribution in [0.1, 0.15) is 76.3 Å². The van der Waals surface area contributed by atoms with Gasteiger partial charge in [0.15, 0.2) is 5.78 Å². The number of nitro benzene ring substituents is 1. The monoisotopic (exact) mass is 407 g/mol. The number of Topliss-reactive ketones (excluding diaryl/α,β-unsaturated/α-hetero) is 1. The Morgan fingerprint density at radius 2 is 1.67 bits per heavy atom. The zero-order chi connectivity index (χ0) is 20.8. The number of nitro groups is 1. The molecule has 1 aromatic rings. The minimum absolute atomic E-state index is 0.0839. The van der Waals surface area contributed by atoms with E-state index in [-0.39, 0.29) is 27.2 Å². The van der Waals surface area contributed by atoms with E-state index in [0.717, 1.165) is 53.7 Å². The fourth-order valence-corrected chi connectivity index (χ4v) is 7.74. The summed E-state index contributed by atoms with van der Waals surface area (Å²) in [5, 5.41) is 12.0. The Morgan fingerprint density at radius 1 is 1.03 bits per heavy atom. The van der Waals surface area contributed by atoms with Crippen LogP contribution in [0.2, 0.25) is 0 Å². The molecule has 1 aromatic carbocycles. The largest absolute Gasteiger partial charge is 0.454 e. The molecule has 30 heavy (non-hydrogen) atoms. The van der Waals surface area contributed by atoms with Gasteiger partial charge in [0.25, 0.3) is 0 Å². The Hall–Kier alpha value is -2.17. The van der Waals surface area contributed by atoms with Crippen molar-refractivity contribution in [2.45, 2.75) is 77.0 Å². The maximum absolute atomic E-state index is 12.8. The predicted molar refractivity (Wildman–Crippen MR) is 112 cm³/mol. The molecule has 0 saturated heterocycles. The minimum atomic E-state index is -0.288. The van der Waals surface area contributed by atoms with Gasteiger partial charge < -0.3 is 4.74 Å². The minimum Gasteiger partial charge on any atom is -0.454 e. The first-order valence-corrected chi connectivity index (χ1v) is 11.5. The van der Waals surface area contributed by atoms with Crippen LogP contribution in [-0.4, -0.2) is 10.7 Å². The molecule has 1 aliphatic heterocycles. The van der Waals surface area contributed by atoms with E-state index >= 15 is 0 Å². The Morgan fingerprint density at radius 3 is 2.27 bits per heavy atom. The van der Waals surface area contributed by atoms with Crippen molar-refractivity contribution in [3.63, 3.8) is 0 Å². The van der Waals surface area contributed by atoms with Crippen molar-refractivity contribution in [3.05, 3.63) is 44.7 Å². The highest BCUT2D eigenvalue weighted by atomic mass is 16.6. The van der Waals surface area contributed by atoms with E-state index in [1.807, 2.05) is 6.07 Å². The highest BCUT2D eigenvalue weighted by molar-refractivity contribution is 5.98. The van der Waals surface area contributed by atoms with Crippen molar-refractivity contribution in [1.82, 2.24) is 0 Å². The van der Waals surface area contributed by atoms with Gasteiger partial charge in [-0.2, -0.15) is 0 Å². The average Bonchev–Trinajstić information content (AvgIpc) is 2.64. The molecule has 4 bridgehead atoms. The third kappa shape index (κ3) is 2.70. The van der Waals surface area contributed by atoms with E-state index in [1.54, 1.807) is 0 Å². The van der Waals surface area contributed by atoms with Crippen molar-refractivity contribution < 1.29 is 14.5 Å². The zero-order valence-corrected chi connectivity index (χ0v) is 17.8. The second kappa shape index (κ2) is 5.95. The van der Waals surface area contributed by atoms with Gasteiger partial charge in [-0.05, 0) is 72.7 Å². The number of carbonyl (C=O) groups excluding carboxylic acids is 1. The number of ketones is 1. The molecule has 0 atom stereocenters. The highest BCUT2D eigenvalue weighted by Gasteiger charge is 2.52. The molecular weight excluding hydrogens is 378 g/mol. The fourth-order valence-electron chi connectivity index (χ4n) is 7.74. The Kier molecular flexibility index (Phi) is 3.69. The number of rotatable bonds is 2. The van der Waals surface area contributed by atoms with Crippen LogP contribution in [0.3, 0.4) is 0 Å². The predicted octanol–water partition coefficient (Wildman–Crippen LogP) is 5.64. The number of fused-ring (bicyclic) bond motifs is 1. The van der Waals surface area contributed by atoms with E-state index in [4.69, 9.17) is 4.74 Å². The first-order chi connectivity index (χ1) is 14.2. The molecule has 6 aliphatic rings. The van der Waals surface area contributed by atoms with Crippen molar-refractivity contribution in [3.8, 4) is 5.75 Å². The topological polar surface area (TPSA) is 69.4 Å². The number of allylic oxidation sites excluding steroid dienone is 2. The number of hydrogen-bond acceptors (Lipinski definition) is 4. The summed E-state index contributed by atoms with van der Waals surface area (Å²) in [6.07, 6.45) is 9.16. The lowest BCUT2D eigenvalue weighted by Gasteiger charge is -2.57. The van der Waals surface area contributed by atoms with Crippen LogP contribution < -0.4 is 4.74 Å². The number of hydrogen-bond donors (Lipinski definition) is 0. The normalized spacial score (nSPS) is 35.7. The summed E-state index contributed by atoms with van der Waals surface area (Å²) >= 11 is 0. The molecular formula is C25H29NO4. The zero-order valence-electron chi connectivity index (χ0n) is 17.8. The van der Waals surface area contributed by atoms with Gasteiger partial charge in [0.1, 0.15) is 5.76 Å². The first kappa shape index (κ1) is 18.6. The Labute approximate surface area is 177 Å². The Bertz CT molecular complexity index is 983. The summed E-state index contributed by atoms with van der Waals surface area (Å²) in [6.45, 7) is 4.11. The van der Waals surface area contributed by atoms with Crippen LogP contribution in [0.25, 0.3) is 0 Å².